The van der Waals surface area contributed by atoms with Crippen molar-refractivity contribution in [2.45, 2.75) is 20.4 Å². The molecule has 1 heterocycles. The summed E-state index contributed by atoms with van der Waals surface area (Å²) in [7, 11) is 0. The van der Waals surface area contributed by atoms with Crippen molar-refractivity contribution >= 4 is 16.8 Å². The Labute approximate surface area is 101 Å². The summed E-state index contributed by atoms with van der Waals surface area (Å²) in [6.07, 6.45) is 1.96. The summed E-state index contributed by atoms with van der Waals surface area (Å²) >= 11 is 0. The van der Waals surface area contributed by atoms with Gasteiger partial charge in [-0.1, -0.05) is 32.0 Å². The van der Waals surface area contributed by atoms with Gasteiger partial charge in [0.1, 0.15) is 6.54 Å². The lowest BCUT2D eigenvalue weighted by molar-refractivity contribution is -0.121. The third kappa shape index (κ3) is 2.87. The second-order valence-corrected chi connectivity index (χ2v) is 4.70. The van der Waals surface area contributed by atoms with Crippen LogP contribution < -0.4 is 5.32 Å². The fourth-order valence-corrected chi connectivity index (χ4v) is 1.81. The fourth-order valence-electron chi connectivity index (χ4n) is 1.81. The van der Waals surface area contributed by atoms with Gasteiger partial charge in [0.05, 0.1) is 0 Å². The van der Waals surface area contributed by atoms with E-state index < -0.39 is 0 Å². The van der Waals surface area contributed by atoms with Crippen LogP contribution in [0.5, 0.6) is 0 Å². The lowest BCUT2D eigenvalue weighted by Gasteiger charge is -2.09. The Kier molecular flexibility index (Phi) is 3.47. The number of carbonyl (C=O) groups excluding carboxylic acids is 1. The molecule has 1 aromatic heterocycles. The van der Waals surface area contributed by atoms with Gasteiger partial charge in [0, 0.05) is 18.3 Å². The van der Waals surface area contributed by atoms with Crippen molar-refractivity contribution in [3.63, 3.8) is 0 Å². The van der Waals surface area contributed by atoms with Crippen LogP contribution in [0.2, 0.25) is 0 Å². The predicted molar refractivity (Wildman–Crippen MR) is 69.8 cm³/mol. The molecule has 90 valence electrons. The molecule has 0 unspecified atom stereocenters. The van der Waals surface area contributed by atoms with Crippen LogP contribution in [-0.4, -0.2) is 17.0 Å². The van der Waals surface area contributed by atoms with Gasteiger partial charge in [-0.05, 0) is 23.4 Å². The number of amides is 1. The number of hydrogen-bond acceptors (Lipinski definition) is 1. The Hall–Kier alpha value is -1.77. The van der Waals surface area contributed by atoms with Crippen molar-refractivity contribution in [2.24, 2.45) is 5.92 Å². The molecule has 0 aliphatic heterocycles. The van der Waals surface area contributed by atoms with Crippen LogP contribution in [0.4, 0.5) is 0 Å². The second kappa shape index (κ2) is 5.04. The summed E-state index contributed by atoms with van der Waals surface area (Å²) in [5.41, 5.74) is 1.10. The molecule has 1 aromatic carbocycles. The quantitative estimate of drug-likeness (QED) is 0.860. The second-order valence-electron chi connectivity index (χ2n) is 4.70. The zero-order valence-electron chi connectivity index (χ0n) is 10.3. The van der Waals surface area contributed by atoms with Gasteiger partial charge >= 0.3 is 0 Å². The first-order valence-corrected chi connectivity index (χ1v) is 5.97. The number of carbonyl (C=O) groups is 1. The number of fused-ring (bicyclic) bond motifs is 1. The van der Waals surface area contributed by atoms with Crippen molar-refractivity contribution in [1.82, 2.24) is 9.88 Å². The highest BCUT2D eigenvalue weighted by atomic mass is 16.1. The molecule has 17 heavy (non-hydrogen) atoms. The molecule has 0 aliphatic rings. The average Bonchev–Trinajstić information content (AvgIpc) is 2.70. The van der Waals surface area contributed by atoms with Crippen molar-refractivity contribution in [3.8, 4) is 0 Å². The highest BCUT2D eigenvalue weighted by Gasteiger charge is 2.05. The van der Waals surface area contributed by atoms with E-state index in [-0.39, 0.29) is 5.91 Å². The predicted octanol–water partition coefficient (Wildman–Crippen LogP) is 2.41. The standard InChI is InChI=1S/C14H18N2O/c1-11(2)9-15-14(17)10-16-8-7-12-5-3-4-6-13(12)16/h3-8,11H,9-10H2,1-2H3,(H,15,17). The summed E-state index contributed by atoms with van der Waals surface area (Å²) in [4.78, 5) is 11.7. The summed E-state index contributed by atoms with van der Waals surface area (Å²) < 4.78 is 1.98. The summed E-state index contributed by atoms with van der Waals surface area (Å²) in [5.74, 6) is 0.556. The molecule has 0 saturated carbocycles. The third-order valence-electron chi connectivity index (χ3n) is 2.70. The van der Waals surface area contributed by atoms with Gasteiger partial charge in [-0.3, -0.25) is 4.79 Å². The molecule has 0 aliphatic carbocycles. The number of aromatic nitrogens is 1. The van der Waals surface area contributed by atoms with Crippen molar-refractivity contribution in [1.29, 1.82) is 0 Å². The molecule has 0 saturated heterocycles. The van der Waals surface area contributed by atoms with Crippen molar-refractivity contribution in [3.05, 3.63) is 36.5 Å². The van der Waals surface area contributed by atoms with Crippen LogP contribution >= 0.6 is 0 Å². The van der Waals surface area contributed by atoms with E-state index >= 15 is 0 Å². The van der Waals surface area contributed by atoms with Gasteiger partial charge in [0.25, 0.3) is 0 Å². The maximum absolute atomic E-state index is 11.7. The van der Waals surface area contributed by atoms with Crippen LogP contribution in [0, 0.1) is 5.92 Å². The Morgan fingerprint density at radius 3 is 2.82 bits per heavy atom. The molecule has 0 spiro atoms. The minimum Gasteiger partial charge on any atom is -0.354 e. The molecule has 3 heteroatoms. The first kappa shape index (κ1) is 11.7. The maximum Gasteiger partial charge on any atom is 0.239 e. The average molecular weight is 230 g/mol. The molecule has 2 rings (SSSR count). The first-order valence-electron chi connectivity index (χ1n) is 5.97. The van der Waals surface area contributed by atoms with Crippen molar-refractivity contribution in [2.75, 3.05) is 6.54 Å². The Morgan fingerprint density at radius 2 is 2.06 bits per heavy atom. The van der Waals surface area contributed by atoms with Crippen LogP contribution in [0.3, 0.4) is 0 Å². The number of para-hydroxylation sites is 1. The summed E-state index contributed by atoms with van der Waals surface area (Å²) in [5, 5.41) is 4.10. The number of benzene rings is 1. The Balaban J connectivity index is 2.06. The first-order chi connectivity index (χ1) is 8.16. The van der Waals surface area contributed by atoms with E-state index in [0.717, 1.165) is 12.1 Å². The van der Waals surface area contributed by atoms with E-state index in [0.29, 0.717) is 12.5 Å². The Morgan fingerprint density at radius 1 is 1.29 bits per heavy atom. The molecule has 0 fully saturated rings. The highest BCUT2D eigenvalue weighted by molar-refractivity contribution is 5.83. The fraction of sp³-hybridized carbons (Fsp3) is 0.357. The number of rotatable bonds is 4. The zero-order valence-corrected chi connectivity index (χ0v) is 10.3. The van der Waals surface area contributed by atoms with Crippen LogP contribution in [0.15, 0.2) is 36.5 Å². The minimum absolute atomic E-state index is 0.0695. The minimum atomic E-state index is 0.0695. The van der Waals surface area contributed by atoms with Crippen LogP contribution in [0.1, 0.15) is 13.8 Å². The van der Waals surface area contributed by atoms with Gasteiger partial charge < -0.3 is 9.88 Å². The van der Waals surface area contributed by atoms with E-state index in [1.54, 1.807) is 0 Å². The van der Waals surface area contributed by atoms with Crippen LogP contribution in [-0.2, 0) is 11.3 Å². The van der Waals surface area contributed by atoms with E-state index in [9.17, 15) is 4.79 Å². The molecule has 0 atom stereocenters. The molecule has 2 aromatic rings. The number of nitrogens with one attached hydrogen (secondary N) is 1. The van der Waals surface area contributed by atoms with Gasteiger partial charge in [-0.15, -0.1) is 0 Å². The zero-order chi connectivity index (χ0) is 12.3. The topological polar surface area (TPSA) is 34.0 Å². The van der Waals surface area contributed by atoms with E-state index in [1.165, 1.54) is 5.39 Å². The van der Waals surface area contributed by atoms with Gasteiger partial charge in [0.15, 0.2) is 0 Å². The molecular weight excluding hydrogens is 212 g/mol. The van der Waals surface area contributed by atoms with Gasteiger partial charge in [0.2, 0.25) is 5.91 Å². The van der Waals surface area contributed by atoms with E-state index in [1.807, 2.05) is 35.0 Å². The lowest BCUT2D eigenvalue weighted by Crippen LogP contribution is -2.30. The Bertz CT molecular complexity index is 514. The third-order valence-corrected chi connectivity index (χ3v) is 2.70. The smallest absolute Gasteiger partial charge is 0.239 e. The number of hydrogen-bond donors (Lipinski definition) is 1. The molecular formula is C14H18N2O. The van der Waals surface area contributed by atoms with Gasteiger partial charge in [-0.25, -0.2) is 0 Å². The molecule has 1 N–H and O–H groups in total. The van der Waals surface area contributed by atoms with E-state index in [4.69, 9.17) is 0 Å². The monoisotopic (exact) mass is 230 g/mol. The normalized spacial score (nSPS) is 11.0. The largest absolute Gasteiger partial charge is 0.354 e. The molecule has 0 bridgehead atoms. The lowest BCUT2D eigenvalue weighted by atomic mass is 10.2. The van der Waals surface area contributed by atoms with E-state index in [2.05, 4.69) is 25.2 Å². The van der Waals surface area contributed by atoms with Gasteiger partial charge in [-0.2, -0.15) is 0 Å². The molecule has 0 radical (unpaired) electrons. The summed E-state index contributed by atoms with van der Waals surface area (Å²) in [6, 6.07) is 10.1. The SMILES string of the molecule is CC(C)CNC(=O)Cn1ccc2ccccc21. The van der Waals surface area contributed by atoms with Crippen molar-refractivity contribution < 1.29 is 4.79 Å². The molecule has 3 nitrogen and oxygen atoms in total. The van der Waals surface area contributed by atoms with Crippen LogP contribution in [0.25, 0.3) is 10.9 Å². The highest BCUT2D eigenvalue weighted by Crippen LogP contribution is 2.14. The maximum atomic E-state index is 11.7. The summed E-state index contributed by atoms with van der Waals surface area (Å²) in [6.45, 7) is 5.30. The molecule has 1 amide bonds. The number of nitrogens with zero attached hydrogens (tertiary/aromatic N) is 1.